The van der Waals surface area contributed by atoms with E-state index in [1.54, 1.807) is 0 Å². The standard InChI is InChI=1S/C13H17N3/c1-2-7-12-11(6-1)15-13(16-12)9-10-5-3-4-8-14-10/h1-2,6-7,10,14H,3-5,8-9H2,(H,15,16). The van der Waals surface area contributed by atoms with Gasteiger partial charge in [0.2, 0.25) is 0 Å². The first kappa shape index (κ1) is 9.85. The highest BCUT2D eigenvalue weighted by Crippen LogP contribution is 2.14. The van der Waals surface area contributed by atoms with Gasteiger partial charge in [0.15, 0.2) is 0 Å². The normalized spacial score (nSPS) is 21.4. The zero-order valence-corrected chi connectivity index (χ0v) is 9.37. The van der Waals surface area contributed by atoms with Gasteiger partial charge in [0.05, 0.1) is 11.0 Å². The number of aromatic nitrogens is 2. The van der Waals surface area contributed by atoms with Crippen LogP contribution in [0.3, 0.4) is 0 Å². The van der Waals surface area contributed by atoms with Crippen LogP contribution in [-0.4, -0.2) is 22.6 Å². The van der Waals surface area contributed by atoms with Gasteiger partial charge in [-0.3, -0.25) is 0 Å². The van der Waals surface area contributed by atoms with Crippen molar-refractivity contribution < 1.29 is 0 Å². The van der Waals surface area contributed by atoms with Gasteiger partial charge in [-0.15, -0.1) is 0 Å². The molecule has 0 aliphatic carbocycles. The monoisotopic (exact) mass is 215 g/mol. The molecule has 0 amide bonds. The van der Waals surface area contributed by atoms with Gasteiger partial charge in [0, 0.05) is 12.5 Å². The predicted octanol–water partition coefficient (Wildman–Crippen LogP) is 2.25. The van der Waals surface area contributed by atoms with E-state index in [9.17, 15) is 0 Å². The molecule has 1 aromatic carbocycles. The second-order valence-electron chi connectivity index (χ2n) is 4.55. The number of para-hydroxylation sites is 2. The topological polar surface area (TPSA) is 40.7 Å². The molecule has 1 aliphatic rings. The number of hydrogen-bond donors (Lipinski definition) is 2. The van der Waals surface area contributed by atoms with Crippen LogP contribution in [0.2, 0.25) is 0 Å². The molecule has 0 saturated carbocycles. The first-order chi connectivity index (χ1) is 7.92. The fraction of sp³-hybridized carbons (Fsp3) is 0.462. The molecule has 3 rings (SSSR count). The van der Waals surface area contributed by atoms with Crippen LogP contribution in [0, 0.1) is 0 Å². The lowest BCUT2D eigenvalue weighted by Crippen LogP contribution is -2.35. The number of hydrogen-bond acceptors (Lipinski definition) is 2. The molecule has 84 valence electrons. The molecule has 0 bridgehead atoms. The van der Waals surface area contributed by atoms with Crippen molar-refractivity contribution in [3.63, 3.8) is 0 Å². The van der Waals surface area contributed by atoms with Gasteiger partial charge in [-0.1, -0.05) is 18.6 Å². The van der Waals surface area contributed by atoms with Crippen molar-refractivity contribution in [1.29, 1.82) is 0 Å². The second-order valence-corrected chi connectivity index (χ2v) is 4.55. The molecule has 1 atom stereocenters. The Labute approximate surface area is 95.3 Å². The Kier molecular flexibility index (Phi) is 2.62. The summed E-state index contributed by atoms with van der Waals surface area (Å²) in [6, 6.07) is 8.83. The van der Waals surface area contributed by atoms with Gasteiger partial charge in [-0.25, -0.2) is 4.98 Å². The number of piperidine rings is 1. The summed E-state index contributed by atoms with van der Waals surface area (Å²) in [4.78, 5) is 8.00. The minimum absolute atomic E-state index is 0.606. The smallest absolute Gasteiger partial charge is 0.108 e. The maximum Gasteiger partial charge on any atom is 0.108 e. The van der Waals surface area contributed by atoms with Crippen molar-refractivity contribution in [2.24, 2.45) is 0 Å². The van der Waals surface area contributed by atoms with Gasteiger partial charge in [-0.2, -0.15) is 0 Å². The number of rotatable bonds is 2. The summed E-state index contributed by atoms with van der Waals surface area (Å²) in [5.41, 5.74) is 2.22. The van der Waals surface area contributed by atoms with Gasteiger partial charge in [0.1, 0.15) is 5.82 Å². The lowest BCUT2D eigenvalue weighted by atomic mass is 10.0. The fourth-order valence-electron chi connectivity index (χ4n) is 2.43. The highest BCUT2D eigenvalue weighted by molar-refractivity contribution is 5.74. The first-order valence-corrected chi connectivity index (χ1v) is 6.09. The number of aromatic amines is 1. The summed E-state index contributed by atoms with van der Waals surface area (Å²) in [6.07, 6.45) is 4.96. The number of benzene rings is 1. The molecule has 3 nitrogen and oxygen atoms in total. The molecule has 1 aromatic heterocycles. The van der Waals surface area contributed by atoms with Gasteiger partial charge in [-0.05, 0) is 31.5 Å². The number of H-pyrrole nitrogens is 1. The molecule has 0 radical (unpaired) electrons. The van der Waals surface area contributed by atoms with Crippen LogP contribution in [0.4, 0.5) is 0 Å². The molecule has 2 aromatic rings. The van der Waals surface area contributed by atoms with Crippen LogP contribution < -0.4 is 5.32 Å². The van der Waals surface area contributed by atoms with Crippen LogP contribution in [-0.2, 0) is 6.42 Å². The van der Waals surface area contributed by atoms with E-state index in [2.05, 4.69) is 27.4 Å². The molecular weight excluding hydrogens is 198 g/mol. The summed E-state index contributed by atoms with van der Waals surface area (Å²) in [5.74, 6) is 1.11. The van der Waals surface area contributed by atoms with E-state index in [1.807, 2.05) is 12.1 Å². The minimum Gasteiger partial charge on any atom is -0.342 e. The third kappa shape index (κ3) is 1.95. The quantitative estimate of drug-likeness (QED) is 0.806. The summed E-state index contributed by atoms with van der Waals surface area (Å²) >= 11 is 0. The molecule has 1 fully saturated rings. The summed E-state index contributed by atoms with van der Waals surface area (Å²) in [7, 11) is 0. The van der Waals surface area contributed by atoms with Crippen molar-refractivity contribution in [3.8, 4) is 0 Å². The van der Waals surface area contributed by atoms with Crippen LogP contribution in [0.15, 0.2) is 24.3 Å². The Hall–Kier alpha value is -1.35. The molecule has 1 saturated heterocycles. The van der Waals surface area contributed by atoms with Gasteiger partial charge >= 0.3 is 0 Å². The molecule has 0 spiro atoms. The van der Waals surface area contributed by atoms with Crippen molar-refractivity contribution >= 4 is 11.0 Å². The third-order valence-electron chi connectivity index (χ3n) is 3.29. The maximum atomic E-state index is 4.61. The average molecular weight is 215 g/mol. The Morgan fingerprint density at radius 3 is 3.00 bits per heavy atom. The van der Waals surface area contributed by atoms with E-state index in [4.69, 9.17) is 0 Å². The number of nitrogens with one attached hydrogen (secondary N) is 2. The van der Waals surface area contributed by atoms with Gasteiger partial charge in [0.25, 0.3) is 0 Å². The zero-order valence-electron chi connectivity index (χ0n) is 9.37. The number of imidazole rings is 1. The molecular formula is C13H17N3. The predicted molar refractivity (Wildman–Crippen MR) is 65.4 cm³/mol. The first-order valence-electron chi connectivity index (χ1n) is 6.09. The fourth-order valence-corrected chi connectivity index (χ4v) is 2.43. The zero-order chi connectivity index (χ0) is 10.8. The van der Waals surface area contributed by atoms with E-state index in [0.717, 1.165) is 29.8 Å². The van der Waals surface area contributed by atoms with Crippen molar-refractivity contribution in [2.75, 3.05) is 6.54 Å². The molecule has 2 heterocycles. The lowest BCUT2D eigenvalue weighted by Gasteiger charge is -2.22. The minimum atomic E-state index is 0.606. The average Bonchev–Trinajstić information content (AvgIpc) is 2.72. The molecule has 1 unspecified atom stereocenters. The van der Waals surface area contributed by atoms with E-state index in [1.165, 1.54) is 19.3 Å². The van der Waals surface area contributed by atoms with Crippen molar-refractivity contribution in [3.05, 3.63) is 30.1 Å². The summed E-state index contributed by atoms with van der Waals surface area (Å²) in [6.45, 7) is 1.16. The largest absolute Gasteiger partial charge is 0.342 e. The van der Waals surface area contributed by atoms with Crippen LogP contribution in [0.5, 0.6) is 0 Å². The number of nitrogens with zero attached hydrogens (tertiary/aromatic N) is 1. The van der Waals surface area contributed by atoms with E-state index < -0.39 is 0 Å². The Morgan fingerprint density at radius 2 is 2.19 bits per heavy atom. The lowest BCUT2D eigenvalue weighted by molar-refractivity contribution is 0.395. The highest BCUT2D eigenvalue weighted by atomic mass is 15.0. The Morgan fingerprint density at radius 1 is 1.25 bits per heavy atom. The Bertz CT molecular complexity index is 436. The molecule has 16 heavy (non-hydrogen) atoms. The summed E-state index contributed by atoms with van der Waals surface area (Å²) < 4.78 is 0. The third-order valence-corrected chi connectivity index (χ3v) is 3.29. The van der Waals surface area contributed by atoms with E-state index in [-0.39, 0.29) is 0 Å². The van der Waals surface area contributed by atoms with Crippen molar-refractivity contribution in [2.45, 2.75) is 31.7 Å². The van der Waals surface area contributed by atoms with Gasteiger partial charge < -0.3 is 10.3 Å². The maximum absolute atomic E-state index is 4.61. The van der Waals surface area contributed by atoms with Crippen molar-refractivity contribution in [1.82, 2.24) is 15.3 Å². The SMILES string of the molecule is c1ccc2[nH]c(CC3CCCCN3)nc2c1. The Balaban J connectivity index is 1.78. The molecule has 2 N–H and O–H groups in total. The van der Waals surface area contributed by atoms with E-state index >= 15 is 0 Å². The van der Waals surface area contributed by atoms with Crippen LogP contribution in [0.25, 0.3) is 11.0 Å². The van der Waals surface area contributed by atoms with E-state index in [0.29, 0.717) is 6.04 Å². The van der Waals surface area contributed by atoms with Crippen LogP contribution >= 0.6 is 0 Å². The highest BCUT2D eigenvalue weighted by Gasteiger charge is 2.14. The second kappa shape index (κ2) is 4.26. The molecule has 3 heteroatoms. The number of fused-ring (bicyclic) bond motifs is 1. The van der Waals surface area contributed by atoms with Crippen LogP contribution in [0.1, 0.15) is 25.1 Å². The summed E-state index contributed by atoms with van der Waals surface area (Å²) in [5, 5.41) is 3.55. The molecule has 1 aliphatic heterocycles.